The molecule has 0 aliphatic rings. The lowest BCUT2D eigenvalue weighted by Gasteiger charge is -2.15. The zero-order chi connectivity index (χ0) is 14.1. The number of aryl methyl sites for hydroxylation is 1. The summed E-state index contributed by atoms with van der Waals surface area (Å²) in [5.41, 5.74) is 2.43. The lowest BCUT2D eigenvalue weighted by atomic mass is 10.0. The van der Waals surface area contributed by atoms with Gasteiger partial charge in [-0.1, -0.05) is 12.1 Å². The van der Waals surface area contributed by atoms with E-state index in [1.54, 1.807) is 12.3 Å². The molecule has 4 heteroatoms. The van der Waals surface area contributed by atoms with Gasteiger partial charge in [0.25, 0.3) is 0 Å². The van der Waals surface area contributed by atoms with Crippen LogP contribution in [0.3, 0.4) is 0 Å². The average Bonchev–Trinajstić information content (AvgIpc) is 2.87. The molecule has 1 aromatic carbocycles. The van der Waals surface area contributed by atoms with Crippen LogP contribution < -0.4 is 5.32 Å². The van der Waals surface area contributed by atoms with Crippen LogP contribution in [0.5, 0.6) is 0 Å². The maximum atomic E-state index is 13.7. The Kier molecular flexibility index (Phi) is 3.24. The minimum atomic E-state index is -0.338. The molecule has 2 aromatic heterocycles. The maximum Gasteiger partial charge on any atom is 0.169 e. The number of furan rings is 1. The number of nitrogens with zero attached hydrogens (tertiary/aromatic N) is 1. The summed E-state index contributed by atoms with van der Waals surface area (Å²) >= 11 is 0. The van der Waals surface area contributed by atoms with E-state index in [2.05, 4.69) is 10.3 Å². The van der Waals surface area contributed by atoms with Crippen molar-refractivity contribution >= 4 is 11.0 Å². The van der Waals surface area contributed by atoms with Crippen molar-refractivity contribution in [2.75, 3.05) is 7.05 Å². The van der Waals surface area contributed by atoms with Gasteiger partial charge < -0.3 is 9.73 Å². The van der Waals surface area contributed by atoms with Gasteiger partial charge in [-0.3, -0.25) is 4.98 Å². The van der Waals surface area contributed by atoms with Gasteiger partial charge in [0.2, 0.25) is 0 Å². The first kappa shape index (κ1) is 12.8. The van der Waals surface area contributed by atoms with Crippen molar-refractivity contribution in [3.63, 3.8) is 0 Å². The summed E-state index contributed by atoms with van der Waals surface area (Å²) in [4.78, 5) is 4.09. The fraction of sp³-hybridized carbons (Fsp3) is 0.188. The van der Waals surface area contributed by atoms with E-state index in [0.29, 0.717) is 11.3 Å². The predicted octanol–water partition coefficient (Wildman–Crippen LogP) is 3.58. The summed E-state index contributed by atoms with van der Waals surface area (Å²) < 4.78 is 19.4. The van der Waals surface area contributed by atoms with Gasteiger partial charge in [-0.15, -0.1) is 0 Å². The summed E-state index contributed by atoms with van der Waals surface area (Å²) in [7, 11) is 1.86. The third kappa shape index (κ3) is 2.08. The summed E-state index contributed by atoms with van der Waals surface area (Å²) in [5, 5.41) is 3.98. The number of hydrogen-bond donors (Lipinski definition) is 1. The predicted molar refractivity (Wildman–Crippen MR) is 76.0 cm³/mol. The van der Waals surface area contributed by atoms with E-state index in [1.165, 1.54) is 6.07 Å². The summed E-state index contributed by atoms with van der Waals surface area (Å²) in [5.74, 6) is 0.358. The van der Waals surface area contributed by atoms with E-state index < -0.39 is 0 Å². The van der Waals surface area contributed by atoms with E-state index in [4.69, 9.17) is 4.42 Å². The number of rotatable bonds is 3. The Hall–Kier alpha value is -2.20. The lowest BCUT2D eigenvalue weighted by molar-refractivity contribution is 0.475. The molecule has 0 spiro atoms. The molecule has 3 nitrogen and oxygen atoms in total. The Balaban J connectivity index is 2.12. The zero-order valence-corrected chi connectivity index (χ0v) is 11.4. The highest BCUT2D eigenvalue weighted by Crippen LogP contribution is 2.30. The van der Waals surface area contributed by atoms with Crippen molar-refractivity contribution in [1.82, 2.24) is 10.3 Å². The second-order valence-electron chi connectivity index (χ2n) is 4.76. The molecule has 3 rings (SSSR count). The number of hydrogen-bond acceptors (Lipinski definition) is 3. The van der Waals surface area contributed by atoms with Crippen molar-refractivity contribution in [2.24, 2.45) is 0 Å². The Morgan fingerprint density at radius 1 is 1.30 bits per heavy atom. The molecule has 20 heavy (non-hydrogen) atoms. The highest BCUT2D eigenvalue weighted by Gasteiger charge is 2.19. The van der Waals surface area contributed by atoms with E-state index in [1.807, 2.05) is 38.4 Å². The molecule has 0 saturated heterocycles. The second-order valence-corrected chi connectivity index (χ2v) is 4.76. The number of para-hydroxylation sites is 1. The van der Waals surface area contributed by atoms with Gasteiger partial charge in [-0.05, 0) is 43.3 Å². The number of benzene rings is 1. The smallest absolute Gasteiger partial charge is 0.169 e. The van der Waals surface area contributed by atoms with Crippen LogP contribution in [0.25, 0.3) is 11.0 Å². The van der Waals surface area contributed by atoms with E-state index in [9.17, 15) is 4.39 Å². The van der Waals surface area contributed by atoms with Crippen LogP contribution in [0, 0.1) is 12.7 Å². The van der Waals surface area contributed by atoms with Crippen LogP contribution in [0.1, 0.15) is 22.9 Å². The van der Waals surface area contributed by atoms with E-state index in [-0.39, 0.29) is 11.9 Å². The van der Waals surface area contributed by atoms with Gasteiger partial charge in [-0.25, -0.2) is 4.39 Å². The molecule has 0 amide bonds. The molecule has 0 saturated carbocycles. The fourth-order valence-corrected chi connectivity index (χ4v) is 2.45. The molecule has 0 bridgehead atoms. The van der Waals surface area contributed by atoms with Gasteiger partial charge in [0, 0.05) is 17.8 Å². The van der Waals surface area contributed by atoms with E-state index in [0.717, 1.165) is 16.5 Å². The normalized spacial score (nSPS) is 12.8. The van der Waals surface area contributed by atoms with Crippen LogP contribution in [0.2, 0.25) is 0 Å². The molecule has 3 aromatic rings. The first-order valence-electron chi connectivity index (χ1n) is 6.46. The van der Waals surface area contributed by atoms with Crippen LogP contribution in [-0.4, -0.2) is 12.0 Å². The number of fused-ring (bicyclic) bond motifs is 1. The van der Waals surface area contributed by atoms with Gasteiger partial charge in [0.1, 0.15) is 5.76 Å². The molecule has 102 valence electrons. The minimum Gasteiger partial charge on any atom is -0.456 e. The molecule has 2 heterocycles. The molecular weight excluding hydrogens is 255 g/mol. The van der Waals surface area contributed by atoms with Crippen LogP contribution in [0.4, 0.5) is 4.39 Å². The van der Waals surface area contributed by atoms with Crippen LogP contribution >= 0.6 is 0 Å². The third-order valence-corrected chi connectivity index (χ3v) is 3.46. The first-order valence-corrected chi connectivity index (χ1v) is 6.46. The third-order valence-electron chi connectivity index (χ3n) is 3.46. The molecule has 1 unspecified atom stereocenters. The Labute approximate surface area is 116 Å². The molecule has 0 radical (unpaired) electrons. The van der Waals surface area contributed by atoms with Gasteiger partial charge in [-0.2, -0.15) is 0 Å². The quantitative estimate of drug-likeness (QED) is 0.790. The molecule has 0 aliphatic carbocycles. The first-order chi connectivity index (χ1) is 9.70. The van der Waals surface area contributed by atoms with Crippen molar-refractivity contribution in [3.05, 3.63) is 65.4 Å². The van der Waals surface area contributed by atoms with Crippen molar-refractivity contribution in [2.45, 2.75) is 13.0 Å². The van der Waals surface area contributed by atoms with Gasteiger partial charge in [0.05, 0.1) is 6.04 Å². The highest BCUT2D eigenvalue weighted by molar-refractivity contribution is 5.78. The average molecular weight is 270 g/mol. The van der Waals surface area contributed by atoms with Crippen LogP contribution in [0.15, 0.2) is 47.1 Å². The lowest BCUT2D eigenvalue weighted by Crippen LogP contribution is -2.18. The Morgan fingerprint density at radius 2 is 2.15 bits per heavy atom. The Morgan fingerprint density at radius 3 is 2.85 bits per heavy atom. The van der Waals surface area contributed by atoms with Crippen molar-refractivity contribution in [3.8, 4) is 0 Å². The Bertz CT molecular complexity index is 751. The molecule has 1 N–H and O–H groups in total. The van der Waals surface area contributed by atoms with E-state index >= 15 is 0 Å². The van der Waals surface area contributed by atoms with Crippen molar-refractivity contribution < 1.29 is 8.81 Å². The SMILES string of the molecule is CNC(c1cc2cccc(F)c2o1)c1ccncc1C. The van der Waals surface area contributed by atoms with Crippen LogP contribution in [-0.2, 0) is 0 Å². The summed E-state index contributed by atoms with van der Waals surface area (Å²) in [6.45, 7) is 2.00. The standard InChI is InChI=1S/C16H15FN2O/c1-10-9-19-7-6-12(10)15(18-2)14-8-11-4-3-5-13(17)16(11)20-14/h3-9,15,18H,1-2H3. The number of aromatic nitrogens is 1. The monoisotopic (exact) mass is 270 g/mol. The molecule has 1 atom stereocenters. The number of halogens is 1. The fourth-order valence-electron chi connectivity index (χ4n) is 2.45. The van der Waals surface area contributed by atoms with Crippen molar-refractivity contribution in [1.29, 1.82) is 0 Å². The second kappa shape index (κ2) is 5.06. The number of nitrogens with one attached hydrogen (secondary N) is 1. The summed E-state index contributed by atoms with van der Waals surface area (Å²) in [6, 6.07) is 8.63. The zero-order valence-electron chi connectivity index (χ0n) is 11.4. The largest absolute Gasteiger partial charge is 0.456 e. The highest BCUT2D eigenvalue weighted by atomic mass is 19.1. The van der Waals surface area contributed by atoms with Gasteiger partial charge >= 0.3 is 0 Å². The number of pyridine rings is 1. The maximum absolute atomic E-state index is 13.7. The molecule has 0 fully saturated rings. The summed E-state index contributed by atoms with van der Waals surface area (Å²) in [6.07, 6.45) is 3.55. The minimum absolute atomic E-state index is 0.121. The molecular formula is C16H15FN2O. The topological polar surface area (TPSA) is 38.1 Å². The molecule has 0 aliphatic heterocycles. The van der Waals surface area contributed by atoms with Gasteiger partial charge in [0.15, 0.2) is 11.4 Å².